The Labute approximate surface area is 123 Å². The summed E-state index contributed by atoms with van der Waals surface area (Å²) in [6.45, 7) is 0.583. The topological polar surface area (TPSA) is 81.2 Å². The summed E-state index contributed by atoms with van der Waals surface area (Å²) in [5.74, 6) is -0.420. The molecule has 0 spiro atoms. The fourth-order valence-corrected chi connectivity index (χ4v) is 3.38. The molecule has 2 rings (SSSR count). The summed E-state index contributed by atoms with van der Waals surface area (Å²) in [5.41, 5.74) is 5.86. The van der Waals surface area contributed by atoms with Crippen molar-refractivity contribution >= 4 is 15.7 Å². The van der Waals surface area contributed by atoms with E-state index in [9.17, 15) is 12.8 Å². The molecule has 0 bridgehead atoms. The lowest BCUT2D eigenvalue weighted by Crippen LogP contribution is -2.32. The molecule has 21 heavy (non-hydrogen) atoms. The summed E-state index contributed by atoms with van der Waals surface area (Å²) in [6, 6.07) is 5.31. The zero-order valence-corrected chi connectivity index (χ0v) is 12.4. The van der Waals surface area contributed by atoms with Gasteiger partial charge in [0.05, 0.1) is 11.9 Å². The van der Waals surface area contributed by atoms with E-state index in [4.69, 9.17) is 5.73 Å². The lowest BCUT2D eigenvalue weighted by molar-refractivity contribution is 0.588. The molecular formula is C13H17FN4O2S. The van der Waals surface area contributed by atoms with Crippen molar-refractivity contribution in [1.29, 1.82) is 0 Å². The number of hydrogen-bond donors (Lipinski definition) is 1. The summed E-state index contributed by atoms with van der Waals surface area (Å²) in [6.07, 6.45) is 3.21. The molecule has 2 N–H and O–H groups in total. The molecule has 0 unspecified atom stereocenters. The van der Waals surface area contributed by atoms with E-state index < -0.39 is 15.8 Å². The monoisotopic (exact) mass is 312 g/mol. The Hall–Kier alpha value is -1.93. The second kappa shape index (κ2) is 6.23. The molecule has 0 aliphatic rings. The quantitative estimate of drug-likeness (QED) is 0.866. The predicted octanol–water partition coefficient (Wildman–Crippen LogP) is 1.10. The van der Waals surface area contributed by atoms with Crippen molar-refractivity contribution in [2.45, 2.75) is 11.3 Å². The van der Waals surface area contributed by atoms with Gasteiger partial charge in [-0.1, -0.05) is 0 Å². The predicted molar refractivity (Wildman–Crippen MR) is 77.8 cm³/mol. The van der Waals surface area contributed by atoms with Crippen molar-refractivity contribution in [3.05, 3.63) is 42.5 Å². The smallest absolute Gasteiger partial charge is 0.267 e. The number of anilines is 1. The number of nitrogens with zero attached hydrogens (tertiary/aromatic N) is 3. The van der Waals surface area contributed by atoms with Crippen LogP contribution in [0.15, 0.2) is 41.6 Å². The van der Waals surface area contributed by atoms with Gasteiger partial charge >= 0.3 is 0 Å². The van der Waals surface area contributed by atoms with Crippen molar-refractivity contribution in [3.8, 4) is 0 Å². The van der Waals surface area contributed by atoms with Gasteiger partial charge in [0.2, 0.25) is 0 Å². The van der Waals surface area contributed by atoms with Crippen LogP contribution < -0.4 is 10.0 Å². The highest BCUT2D eigenvalue weighted by Crippen LogP contribution is 2.23. The first-order chi connectivity index (χ1) is 9.95. The molecule has 0 aliphatic heterocycles. The van der Waals surface area contributed by atoms with E-state index in [1.54, 1.807) is 7.05 Å². The van der Waals surface area contributed by atoms with E-state index in [2.05, 4.69) is 5.10 Å². The molecule has 0 radical (unpaired) electrons. The van der Waals surface area contributed by atoms with Gasteiger partial charge in [-0.15, -0.1) is 0 Å². The highest BCUT2D eigenvalue weighted by molar-refractivity contribution is 7.92. The number of benzene rings is 1. The minimum Gasteiger partial charge on any atom is -0.330 e. The molecule has 0 atom stereocenters. The molecular weight excluding hydrogens is 295 g/mol. The number of aryl methyl sites for hydroxylation is 1. The van der Waals surface area contributed by atoms with Gasteiger partial charge in [0, 0.05) is 19.8 Å². The van der Waals surface area contributed by atoms with Crippen molar-refractivity contribution in [2.24, 2.45) is 12.8 Å². The Bertz CT molecular complexity index is 697. The number of nitrogens with two attached hydrogens (primary N) is 1. The standard InChI is InChI=1S/C13H17FN4O2S/c1-17-10-13(9-16-17)21(19,20)18(8-2-7-15)12-5-3-11(14)4-6-12/h3-6,9-10H,2,7-8,15H2,1H3. The maximum absolute atomic E-state index is 13.0. The van der Waals surface area contributed by atoms with E-state index in [0.717, 1.165) is 0 Å². The summed E-state index contributed by atoms with van der Waals surface area (Å²) in [7, 11) is -2.11. The van der Waals surface area contributed by atoms with Gasteiger partial charge in [0.25, 0.3) is 10.0 Å². The first-order valence-electron chi connectivity index (χ1n) is 6.42. The van der Waals surface area contributed by atoms with E-state index in [1.807, 2.05) is 0 Å². The van der Waals surface area contributed by atoms with Crippen LogP contribution in [0.4, 0.5) is 10.1 Å². The van der Waals surface area contributed by atoms with Gasteiger partial charge in [-0.05, 0) is 37.2 Å². The molecule has 0 saturated heterocycles. The lowest BCUT2D eigenvalue weighted by Gasteiger charge is -2.23. The molecule has 8 heteroatoms. The Morgan fingerprint density at radius 1 is 1.33 bits per heavy atom. The number of aromatic nitrogens is 2. The van der Waals surface area contributed by atoms with Crippen LogP contribution in [0.3, 0.4) is 0 Å². The Morgan fingerprint density at radius 3 is 2.52 bits per heavy atom. The zero-order chi connectivity index (χ0) is 15.5. The molecule has 2 aromatic rings. The maximum Gasteiger partial charge on any atom is 0.267 e. The minimum absolute atomic E-state index is 0.0892. The summed E-state index contributed by atoms with van der Waals surface area (Å²) in [4.78, 5) is 0.0892. The van der Waals surface area contributed by atoms with Crippen LogP contribution in [0.2, 0.25) is 0 Å². The molecule has 0 aliphatic carbocycles. The van der Waals surface area contributed by atoms with Crippen molar-refractivity contribution in [2.75, 3.05) is 17.4 Å². The van der Waals surface area contributed by atoms with Gasteiger partial charge in [0.1, 0.15) is 10.7 Å². The highest BCUT2D eigenvalue weighted by atomic mass is 32.2. The first kappa shape index (κ1) is 15.5. The van der Waals surface area contributed by atoms with Gasteiger partial charge in [-0.2, -0.15) is 5.10 Å². The zero-order valence-electron chi connectivity index (χ0n) is 11.6. The second-order valence-corrected chi connectivity index (χ2v) is 6.41. The number of sulfonamides is 1. The highest BCUT2D eigenvalue weighted by Gasteiger charge is 2.25. The van der Waals surface area contributed by atoms with E-state index in [0.29, 0.717) is 18.7 Å². The van der Waals surface area contributed by atoms with Gasteiger partial charge in [0.15, 0.2) is 0 Å². The summed E-state index contributed by atoms with van der Waals surface area (Å²) >= 11 is 0. The molecule has 1 aromatic carbocycles. The molecule has 1 aromatic heterocycles. The third-order valence-corrected chi connectivity index (χ3v) is 4.73. The summed E-state index contributed by atoms with van der Waals surface area (Å²) < 4.78 is 41.0. The van der Waals surface area contributed by atoms with Crippen LogP contribution in [0, 0.1) is 5.82 Å². The largest absolute Gasteiger partial charge is 0.330 e. The van der Waals surface area contributed by atoms with E-state index in [-0.39, 0.29) is 11.4 Å². The number of rotatable bonds is 6. The average Bonchev–Trinajstić information content (AvgIpc) is 2.88. The maximum atomic E-state index is 13.0. The third-order valence-electron chi connectivity index (χ3n) is 2.95. The molecule has 1 heterocycles. The van der Waals surface area contributed by atoms with Gasteiger partial charge in [-0.3, -0.25) is 8.99 Å². The number of hydrogen-bond acceptors (Lipinski definition) is 4. The minimum atomic E-state index is -3.75. The molecule has 0 saturated carbocycles. The first-order valence-corrected chi connectivity index (χ1v) is 7.86. The van der Waals surface area contributed by atoms with Crippen LogP contribution in [0.1, 0.15) is 6.42 Å². The normalized spacial score (nSPS) is 11.6. The van der Waals surface area contributed by atoms with Crippen LogP contribution in [-0.2, 0) is 17.1 Å². The van der Waals surface area contributed by atoms with Crippen LogP contribution >= 0.6 is 0 Å². The SMILES string of the molecule is Cn1cc(S(=O)(=O)N(CCCN)c2ccc(F)cc2)cn1. The third kappa shape index (κ3) is 3.40. The fourth-order valence-electron chi connectivity index (χ4n) is 1.89. The Balaban J connectivity index is 2.42. The Morgan fingerprint density at radius 2 is 2.00 bits per heavy atom. The second-order valence-electron chi connectivity index (χ2n) is 4.55. The average molecular weight is 312 g/mol. The van der Waals surface area contributed by atoms with Crippen LogP contribution in [-0.4, -0.2) is 31.3 Å². The van der Waals surface area contributed by atoms with Crippen molar-refractivity contribution < 1.29 is 12.8 Å². The van der Waals surface area contributed by atoms with Crippen molar-refractivity contribution in [1.82, 2.24) is 9.78 Å². The summed E-state index contributed by atoms with van der Waals surface area (Å²) in [5, 5.41) is 3.88. The fraction of sp³-hybridized carbons (Fsp3) is 0.308. The number of halogens is 1. The molecule has 6 nitrogen and oxygen atoms in total. The van der Waals surface area contributed by atoms with Gasteiger partial charge < -0.3 is 5.73 Å². The molecule has 114 valence electrons. The van der Waals surface area contributed by atoms with Crippen LogP contribution in [0.25, 0.3) is 0 Å². The van der Waals surface area contributed by atoms with Crippen LogP contribution in [0.5, 0.6) is 0 Å². The van der Waals surface area contributed by atoms with Gasteiger partial charge in [-0.25, -0.2) is 12.8 Å². The van der Waals surface area contributed by atoms with E-state index >= 15 is 0 Å². The molecule has 0 amide bonds. The Kier molecular flexibility index (Phi) is 4.59. The van der Waals surface area contributed by atoms with E-state index in [1.165, 1.54) is 45.6 Å². The van der Waals surface area contributed by atoms with Crippen molar-refractivity contribution in [3.63, 3.8) is 0 Å². The molecule has 0 fully saturated rings. The lowest BCUT2D eigenvalue weighted by atomic mass is 10.3.